The van der Waals surface area contributed by atoms with Gasteiger partial charge in [0.25, 0.3) is 0 Å². The predicted octanol–water partition coefficient (Wildman–Crippen LogP) is 0.797. The molecule has 0 aliphatic carbocycles. The second kappa shape index (κ2) is 8.63. The smallest absolute Gasteiger partial charge is 0.243 e. The highest BCUT2D eigenvalue weighted by molar-refractivity contribution is 7.89. The Morgan fingerprint density at radius 1 is 1.17 bits per heavy atom. The van der Waals surface area contributed by atoms with Crippen molar-refractivity contribution in [3.05, 3.63) is 30.3 Å². The molecule has 1 atom stereocenters. The van der Waals surface area contributed by atoms with Crippen LogP contribution in [0.4, 0.5) is 0 Å². The number of nitrogens with zero attached hydrogens (tertiary/aromatic N) is 2. The summed E-state index contributed by atoms with van der Waals surface area (Å²) in [5.41, 5.74) is 0. The minimum absolute atomic E-state index is 0. The molecule has 1 saturated heterocycles. The Labute approximate surface area is 144 Å². The quantitative estimate of drug-likeness (QED) is 0.842. The third kappa shape index (κ3) is 4.67. The summed E-state index contributed by atoms with van der Waals surface area (Å²) in [5.74, 6) is -0.0200. The molecule has 1 N–H and O–H groups in total. The standard InChI is InChI=1S/C15H23N3O3S.ClH/c1-13(12-16-2)15(19)17-8-10-18(11-9-17)22(20,21)14-6-4-3-5-7-14;/h3-7,13,16H,8-12H2,1-2H3;1H. The summed E-state index contributed by atoms with van der Waals surface area (Å²) < 4.78 is 26.5. The molecule has 6 nitrogen and oxygen atoms in total. The van der Waals surface area contributed by atoms with Gasteiger partial charge in [0.05, 0.1) is 4.90 Å². The molecule has 1 aromatic rings. The average Bonchev–Trinajstić information content (AvgIpc) is 2.55. The van der Waals surface area contributed by atoms with Crippen molar-refractivity contribution in [3.63, 3.8) is 0 Å². The molecule has 0 spiro atoms. The van der Waals surface area contributed by atoms with Crippen molar-refractivity contribution in [1.29, 1.82) is 0 Å². The number of nitrogens with one attached hydrogen (secondary N) is 1. The Kier molecular flexibility index (Phi) is 7.47. The second-order valence-electron chi connectivity index (χ2n) is 5.50. The van der Waals surface area contributed by atoms with Gasteiger partial charge in [-0.15, -0.1) is 12.4 Å². The normalized spacial score (nSPS) is 17.4. The summed E-state index contributed by atoms with van der Waals surface area (Å²) in [6.07, 6.45) is 0. The topological polar surface area (TPSA) is 69.7 Å². The van der Waals surface area contributed by atoms with Gasteiger partial charge in [-0.2, -0.15) is 4.31 Å². The van der Waals surface area contributed by atoms with Crippen molar-refractivity contribution in [3.8, 4) is 0 Å². The van der Waals surface area contributed by atoms with Crippen molar-refractivity contribution in [2.75, 3.05) is 39.8 Å². The molecule has 1 amide bonds. The molecule has 2 rings (SSSR count). The van der Waals surface area contributed by atoms with E-state index in [4.69, 9.17) is 0 Å². The first-order valence-electron chi connectivity index (χ1n) is 7.45. The average molecular weight is 362 g/mol. The minimum Gasteiger partial charge on any atom is -0.340 e. The number of sulfonamides is 1. The van der Waals surface area contributed by atoms with Gasteiger partial charge in [-0.1, -0.05) is 25.1 Å². The monoisotopic (exact) mass is 361 g/mol. The summed E-state index contributed by atoms with van der Waals surface area (Å²) in [5, 5.41) is 2.99. The van der Waals surface area contributed by atoms with Gasteiger partial charge in [-0.05, 0) is 19.2 Å². The van der Waals surface area contributed by atoms with E-state index in [1.54, 1.807) is 35.2 Å². The zero-order valence-corrected chi connectivity index (χ0v) is 15.1. The molecule has 0 radical (unpaired) electrons. The number of halogens is 1. The number of piperazine rings is 1. The van der Waals surface area contributed by atoms with Gasteiger partial charge in [-0.25, -0.2) is 8.42 Å². The summed E-state index contributed by atoms with van der Waals surface area (Å²) in [4.78, 5) is 14.3. The van der Waals surface area contributed by atoms with E-state index in [0.717, 1.165) is 0 Å². The maximum absolute atomic E-state index is 12.5. The van der Waals surface area contributed by atoms with Crippen molar-refractivity contribution in [1.82, 2.24) is 14.5 Å². The maximum Gasteiger partial charge on any atom is 0.243 e. The Bertz CT molecular complexity index is 602. The second-order valence-corrected chi connectivity index (χ2v) is 7.44. The van der Waals surface area contributed by atoms with Gasteiger partial charge in [0.1, 0.15) is 0 Å². The number of benzene rings is 1. The molecular formula is C15H24ClN3O3S. The van der Waals surface area contributed by atoms with Gasteiger partial charge in [-0.3, -0.25) is 4.79 Å². The fourth-order valence-corrected chi connectivity index (χ4v) is 4.04. The van der Waals surface area contributed by atoms with Crippen LogP contribution in [-0.2, 0) is 14.8 Å². The van der Waals surface area contributed by atoms with Gasteiger partial charge >= 0.3 is 0 Å². The van der Waals surface area contributed by atoms with E-state index in [0.29, 0.717) is 37.6 Å². The fraction of sp³-hybridized carbons (Fsp3) is 0.533. The number of carbonyl (C=O) groups is 1. The lowest BCUT2D eigenvalue weighted by molar-refractivity contribution is -0.136. The molecule has 1 aliphatic heterocycles. The lowest BCUT2D eigenvalue weighted by Gasteiger charge is -2.35. The van der Waals surface area contributed by atoms with E-state index >= 15 is 0 Å². The third-order valence-electron chi connectivity index (χ3n) is 3.86. The SMILES string of the molecule is CNCC(C)C(=O)N1CCN(S(=O)(=O)c2ccccc2)CC1.Cl. The molecule has 1 fully saturated rings. The van der Waals surface area contributed by atoms with Crippen LogP contribution in [0.15, 0.2) is 35.2 Å². The molecule has 23 heavy (non-hydrogen) atoms. The van der Waals surface area contributed by atoms with Crippen molar-refractivity contribution >= 4 is 28.3 Å². The van der Waals surface area contributed by atoms with E-state index in [-0.39, 0.29) is 24.2 Å². The van der Waals surface area contributed by atoms with Crippen LogP contribution in [0, 0.1) is 5.92 Å². The number of rotatable bonds is 5. The highest BCUT2D eigenvalue weighted by atomic mass is 35.5. The van der Waals surface area contributed by atoms with Crippen molar-refractivity contribution in [2.45, 2.75) is 11.8 Å². The van der Waals surface area contributed by atoms with Crippen LogP contribution < -0.4 is 5.32 Å². The zero-order valence-electron chi connectivity index (χ0n) is 13.4. The van der Waals surface area contributed by atoms with E-state index < -0.39 is 10.0 Å². The molecule has 0 aromatic heterocycles. The molecule has 130 valence electrons. The Hall–Kier alpha value is -1.15. The molecule has 0 saturated carbocycles. The van der Waals surface area contributed by atoms with Crippen LogP contribution in [0.2, 0.25) is 0 Å². The summed E-state index contributed by atoms with van der Waals surface area (Å²) in [6, 6.07) is 8.42. The first kappa shape index (κ1) is 19.9. The van der Waals surface area contributed by atoms with E-state index in [2.05, 4.69) is 5.32 Å². The van der Waals surface area contributed by atoms with Crippen LogP contribution in [0.3, 0.4) is 0 Å². The highest BCUT2D eigenvalue weighted by Crippen LogP contribution is 2.17. The van der Waals surface area contributed by atoms with Gasteiger partial charge in [0.2, 0.25) is 15.9 Å². The first-order chi connectivity index (χ1) is 10.5. The Morgan fingerprint density at radius 3 is 2.26 bits per heavy atom. The maximum atomic E-state index is 12.5. The predicted molar refractivity (Wildman–Crippen MR) is 92.1 cm³/mol. The lowest BCUT2D eigenvalue weighted by Crippen LogP contribution is -2.52. The first-order valence-corrected chi connectivity index (χ1v) is 8.89. The lowest BCUT2D eigenvalue weighted by atomic mass is 10.1. The Balaban J connectivity index is 0.00000264. The van der Waals surface area contributed by atoms with E-state index in [1.165, 1.54) is 4.31 Å². The highest BCUT2D eigenvalue weighted by Gasteiger charge is 2.31. The largest absolute Gasteiger partial charge is 0.340 e. The summed E-state index contributed by atoms with van der Waals surface area (Å²) >= 11 is 0. The van der Waals surface area contributed by atoms with Gasteiger partial charge < -0.3 is 10.2 Å². The van der Waals surface area contributed by atoms with Gasteiger partial charge in [0.15, 0.2) is 0 Å². The molecule has 1 heterocycles. The molecule has 0 bridgehead atoms. The summed E-state index contributed by atoms with van der Waals surface area (Å²) in [7, 11) is -1.64. The number of amides is 1. The van der Waals surface area contributed by atoms with Gasteiger partial charge in [0, 0.05) is 38.6 Å². The van der Waals surface area contributed by atoms with Crippen LogP contribution >= 0.6 is 12.4 Å². The molecule has 8 heteroatoms. The minimum atomic E-state index is -3.46. The van der Waals surface area contributed by atoms with E-state index in [9.17, 15) is 13.2 Å². The third-order valence-corrected chi connectivity index (χ3v) is 5.78. The number of hydrogen-bond acceptors (Lipinski definition) is 4. The van der Waals surface area contributed by atoms with Crippen molar-refractivity contribution in [2.24, 2.45) is 5.92 Å². The van der Waals surface area contributed by atoms with Crippen LogP contribution in [0.5, 0.6) is 0 Å². The Morgan fingerprint density at radius 2 is 1.74 bits per heavy atom. The van der Waals surface area contributed by atoms with Crippen LogP contribution in [-0.4, -0.2) is 63.3 Å². The summed E-state index contributed by atoms with van der Waals surface area (Å²) in [6.45, 7) is 4.08. The van der Waals surface area contributed by atoms with Crippen LogP contribution in [0.1, 0.15) is 6.92 Å². The zero-order chi connectivity index (χ0) is 16.2. The number of hydrogen-bond donors (Lipinski definition) is 1. The molecule has 1 unspecified atom stereocenters. The van der Waals surface area contributed by atoms with Crippen molar-refractivity contribution < 1.29 is 13.2 Å². The molecular weight excluding hydrogens is 338 g/mol. The van der Waals surface area contributed by atoms with E-state index in [1.807, 2.05) is 14.0 Å². The molecule has 1 aromatic carbocycles. The fourth-order valence-electron chi connectivity index (χ4n) is 2.60. The molecule has 1 aliphatic rings. The van der Waals surface area contributed by atoms with Crippen LogP contribution in [0.25, 0.3) is 0 Å². The number of carbonyl (C=O) groups excluding carboxylic acids is 1.